The molecule has 0 radical (unpaired) electrons. The van der Waals surface area contributed by atoms with Gasteiger partial charge in [-0.05, 0) is 28.8 Å². The molecule has 5 heteroatoms. The zero-order valence-electron chi connectivity index (χ0n) is 10.2. The molecule has 94 valence electrons. The van der Waals surface area contributed by atoms with Crippen molar-refractivity contribution in [2.24, 2.45) is 7.05 Å². The van der Waals surface area contributed by atoms with Gasteiger partial charge in [-0.1, -0.05) is 6.42 Å². The van der Waals surface area contributed by atoms with E-state index >= 15 is 0 Å². The van der Waals surface area contributed by atoms with Gasteiger partial charge in [0.1, 0.15) is 0 Å². The van der Waals surface area contributed by atoms with Crippen LogP contribution in [0.2, 0.25) is 0 Å². The Hall–Kier alpha value is -0.390. The molecule has 1 N–H and O–H groups in total. The number of aryl methyl sites for hydroxylation is 1. The van der Waals surface area contributed by atoms with Crippen LogP contribution in [0.3, 0.4) is 0 Å². The molecule has 3 heterocycles. The largest absolute Gasteiger partial charge is 0.309 e. The molecule has 2 fully saturated rings. The van der Waals surface area contributed by atoms with E-state index in [1.165, 1.54) is 38.0 Å². The van der Waals surface area contributed by atoms with Crippen LogP contribution in [0.15, 0.2) is 10.7 Å². The first-order valence-electron chi connectivity index (χ1n) is 6.37. The van der Waals surface area contributed by atoms with Crippen LogP contribution in [0, 0.1) is 0 Å². The molecule has 0 spiro atoms. The maximum Gasteiger partial charge on any atom is 0.0663 e. The smallest absolute Gasteiger partial charge is 0.0663 e. The molecule has 4 nitrogen and oxygen atoms in total. The summed E-state index contributed by atoms with van der Waals surface area (Å²) in [6.45, 7) is 3.36. The fourth-order valence-corrected chi connectivity index (χ4v) is 3.52. The normalized spacial score (nSPS) is 29.5. The average molecular weight is 299 g/mol. The Morgan fingerprint density at radius 1 is 1.41 bits per heavy atom. The number of nitrogens with one attached hydrogen (secondary N) is 1. The maximum atomic E-state index is 4.28. The highest BCUT2D eigenvalue weighted by Gasteiger charge is 2.30. The molecule has 17 heavy (non-hydrogen) atoms. The van der Waals surface area contributed by atoms with Crippen LogP contribution in [0.1, 0.15) is 25.0 Å². The number of hydrogen-bond donors (Lipinski definition) is 1. The Kier molecular flexibility index (Phi) is 3.23. The first kappa shape index (κ1) is 11.7. The standard InChI is InChI=1S/C12H19BrN4/c1-16-12(11(13)5-14-16)8-17-6-9-3-2-4-10(7-17)15-9/h5,9-10,15H,2-4,6-8H2,1H3. The van der Waals surface area contributed by atoms with Crippen molar-refractivity contribution in [3.8, 4) is 0 Å². The molecular weight excluding hydrogens is 280 g/mol. The van der Waals surface area contributed by atoms with Gasteiger partial charge in [-0.2, -0.15) is 5.10 Å². The third kappa shape index (κ3) is 2.41. The second-order valence-corrected chi connectivity index (χ2v) is 6.10. The number of nitrogens with zero attached hydrogens (tertiary/aromatic N) is 3. The molecular formula is C12H19BrN4. The summed E-state index contributed by atoms with van der Waals surface area (Å²) >= 11 is 3.58. The van der Waals surface area contributed by atoms with Gasteiger partial charge in [-0.15, -0.1) is 0 Å². The van der Waals surface area contributed by atoms with Gasteiger partial charge in [-0.3, -0.25) is 9.58 Å². The Bertz CT molecular complexity index is 372. The molecule has 0 saturated carbocycles. The lowest BCUT2D eigenvalue weighted by molar-refractivity contribution is 0.117. The zero-order chi connectivity index (χ0) is 11.8. The molecule has 1 aromatic rings. The Labute approximate surface area is 110 Å². The molecule has 2 atom stereocenters. The van der Waals surface area contributed by atoms with Crippen molar-refractivity contribution < 1.29 is 0 Å². The van der Waals surface area contributed by atoms with Crippen LogP contribution in [-0.4, -0.2) is 39.9 Å². The third-order valence-corrected chi connectivity index (χ3v) is 4.58. The molecule has 1 aromatic heterocycles. The maximum absolute atomic E-state index is 4.28. The second-order valence-electron chi connectivity index (χ2n) is 5.25. The monoisotopic (exact) mass is 298 g/mol. The van der Waals surface area contributed by atoms with Crippen molar-refractivity contribution in [1.82, 2.24) is 20.0 Å². The Morgan fingerprint density at radius 2 is 2.12 bits per heavy atom. The van der Waals surface area contributed by atoms with Crippen molar-refractivity contribution in [3.05, 3.63) is 16.4 Å². The molecule has 2 saturated heterocycles. The minimum absolute atomic E-state index is 0.703. The lowest BCUT2D eigenvalue weighted by Gasteiger charge is -2.42. The number of rotatable bonds is 2. The van der Waals surface area contributed by atoms with Crippen LogP contribution < -0.4 is 5.32 Å². The number of likely N-dealkylation sites (tertiary alicyclic amines) is 1. The van der Waals surface area contributed by atoms with Gasteiger partial charge in [0.25, 0.3) is 0 Å². The number of aromatic nitrogens is 2. The van der Waals surface area contributed by atoms with Crippen molar-refractivity contribution >= 4 is 15.9 Å². The minimum atomic E-state index is 0.703. The summed E-state index contributed by atoms with van der Waals surface area (Å²) in [4.78, 5) is 2.56. The van der Waals surface area contributed by atoms with Gasteiger partial charge in [0.15, 0.2) is 0 Å². The van der Waals surface area contributed by atoms with Gasteiger partial charge >= 0.3 is 0 Å². The SMILES string of the molecule is Cn1ncc(Br)c1CN1CC2CCCC(C1)N2. The van der Waals surface area contributed by atoms with E-state index in [0.717, 1.165) is 11.0 Å². The summed E-state index contributed by atoms with van der Waals surface area (Å²) in [6, 6.07) is 1.41. The van der Waals surface area contributed by atoms with E-state index in [9.17, 15) is 0 Å². The predicted molar refractivity (Wildman–Crippen MR) is 70.7 cm³/mol. The molecule has 3 rings (SSSR count). The first-order valence-corrected chi connectivity index (χ1v) is 7.16. The summed E-state index contributed by atoms with van der Waals surface area (Å²) in [5.74, 6) is 0. The van der Waals surface area contributed by atoms with Crippen LogP contribution in [0.25, 0.3) is 0 Å². The summed E-state index contributed by atoms with van der Waals surface area (Å²) in [5.41, 5.74) is 1.28. The highest BCUT2D eigenvalue weighted by molar-refractivity contribution is 9.10. The zero-order valence-corrected chi connectivity index (χ0v) is 11.8. The van der Waals surface area contributed by atoms with Crippen LogP contribution >= 0.6 is 15.9 Å². The third-order valence-electron chi connectivity index (χ3n) is 3.92. The van der Waals surface area contributed by atoms with Crippen molar-refractivity contribution in [2.45, 2.75) is 37.9 Å². The van der Waals surface area contributed by atoms with Crippen LogP contribution in [0.4, 0.5) is 0 Å². The molecule has 2 aliphatic rings. The van der Waals surface area contributed by atoms with Gasteiger partial charge in [0.2, 0.25) is 0 Å². The number of halogens is 1. The van der Waals surface area contributed by atoms with Crippen LogP contribution in [-0.2, 0) is 13.6 Å². The number of hydrogen-bond acceptors (Lipinski definition) is 3. The van der Waals surface area contributed by atoms with Crippen molar-refractivity contribution in [3.63, 3.8) is 0 Å². The average Bonchev–Trinajstić information content (AvgIpc) is 2.60. The number of piperazine rings is 1. The lowest BCUT2D eigenvalue weighted by atomic mass is 9.94. The van der Waals surface area contributed by atoms with Crippen molar-refractivity contribution in [2.75, 3.05) is 13.1 Å². The van der Waals surface area contributed by atoms with Crippen LogP contribution in [0.5, 0.6) is 0 Å². The topological polar surface area (TPSA) is 33.1 Å². The minimum Gasteiger partial charge on any atom is -0.309 e. The fourth-order valence-electron chi connectivity index (χ4n) is 3.05. The number of piperidine rings is 1. The molecule has 0 aliphatic carbocycles. The quantitative estimate of drug-likeness (QED) is 0.898. The fraction of sp³-hybridized carbons (Fsp3) is 0.750. The molecule has 2 unspecified atom stereocenters. The first-order chi connectivity index (χ1) is 8.22. The lowest BCUT2D eigenvalue weighted by Crippen LogP contribution is -2.58. The van der Waals surface area contributed by atoms with Gasteiger partial charge in [0, 0.05) is 38.8 Å². The molecule has 0 aromatic carbocycles. The van der Waals surface area contributed by atoms with Gasteiger partial charge in [-0.25, -0.2) is 0 Å². The summed E-state index contributed by atoms with van der Waals surface area (Å²) in [7, 11) is 2.02. The van der Waals surface area contributed by atoms with Crippen molar-refractivity contribution in [1.29, 1.82) is 0 Å². The van der Waals surface area contributed by atoms with Gasteiger partial charge < -0.3 is 5.32 Å². The molecule has 2 bridgehead atoms. The van der Waals surface area contributed by atoms with Gasteiger partial charge in [0.05, 0.1) is 16.4 Å². The highest BCUT2D eigenvalue weighted by Crippen LogP contribution is 2.23. The van der Waals surface area contributed by atoms with E-state index < -0.39 is 0 Å². The number of fused-ring (bicyclic) bond motifs is 2. The van der Waals surface area contributed by atoms with E-state index in [-0.39, 0.29) is 0 Å². The van der Waals surface area contributed by atoms with E-state index in [0.29, 0.717) is 12.1 Å². The predicted octanol–water partition coefficient (Wildman–Crippen LogP) is 1.51. The van der Waals surface area contributed by atoms with E-state index in [4.69, 9.17) is 0 Å². The highest BCUT2D eigenvalue weighted by atomic mass is 79.9. The Morgan fingerprint density at radius 3 is 2.71 bits per heavy atom. The van der Waals surface area contributed by atoms with E-state index in [2.05, 4.69) is 31.2 Å². The molecule has 0 amide bonds. The van der Waals surface area contributed by atoms with E-state index in [1.807, 2.05) is 17.9 Å². The second kappa shape index (κ2) is 4.71. The summed E-state index contributed by atoms with van der Waals surface area (Å²) in [5, 5.41) is 8.00. The summed E-state index contributed by atoms with van der Waals surface area (Å²) < 4.78 is 3.10. The molecule has 2 aliphatic heterocycles. The van der Waals surface area contributed by atoms with E-state index in [1.54, 1.807) is 0 Å². The summed E-state index contributed by atoms with van der Waals surface area (Å²) in [6.07, 6.45) is 5.95. The Balaban J connectivity index is 1.69.